The minimum atomic E-state index is -0.288. The lowest BCUT2D eigenvalue weighted by Crippen LogP contribution is -2.53. The van der Waals surface area contributed by atoms with Gasteiger partial charge < -0.3 is 15.1 Å². The lowest BCUT2D eigenvalue weighted by atomic mass is 9.85. The first-order valence-electron chi connectivity index (χ1n) is 10.4. The largest absolute Gasteiger partial charge is 0.357 e. The summed E-state index contributed by atoms with van der Waals surface area (Å²) >= 11 is 0. The smallest absolute Gasteiger partial charge is 0.230 e. The van der Waals surface area contributed by atoms with Crippen LogP contribution in [0.5, 0.6) is 0 Å². The van der Waals surface area contributed by atoms with E-state index in [-0.39, 0.29) is 11.3 Å². The van der Waals surface area contributed by atoms with Crippen molar-refractivity contribution < 1.29 is 4.79 Å². The normalized spacial score (nSPS) is 21.3. The molecule has 1 heterocycles. The number of nitrogens with one attached hydrogen (secondary N) is 1. The molecule has 1 saturated heterocycles. The van der Waals surface area contributed by atoms with Gasteiger partial charge in [0.15, 0.2) is 5.96 Å². The van der Waals surface area contributed by atoms with Crippen LogP contribution in [0.15, 0.2) is 4.99 Å². The summed E-state index contributed by atoms with van der Waals surface area (Å²) in [6.07, 6.45) is 4.21. The maximum atomic E-state index is 12.8. The monoisotopic (exact) mass is 365 g/mol. The van der Waals surface area contributed by atoms with Crippen LogP contribution in [0.1, 0.15) is 46.5 Å². The zero-order valence-corrected chi connectivity index (χ0v) is 17.6. The maximum Gasteiger partial charge on any atom is 0.230 e. The summed E-state index contributed by atoms with van der Waals surface area (Å²) < 4.78 is 0. The van der Waals surface area contributed by atoms with Crippen molar-refractivity contribution in [1.29, 1.82) is 0 Å². The highest BCUT2D eigenvalue weighted by atomic mass is 16.2. The summed E-state index contributed by atoms with van der Waals surface area (Å²) in [5.41, 5.74) is -0.288. The zero-order valence-electron chi connectivity index (χ0n) is 17.6. The quantitative estimate of drug-likeness (QED) is 0.577. The molecule has 150 valence electrons. The summed E-state index contributed by atoms with van der Waals surface area (Å²) in [7, 11) is 3.73. The third kappa shape index (κ3) is 5.35. The topological polar surface area (TPSA) is 51.2 Å². The van der Waals surface area contributed by atoms with Gasteiger partial charge in [-0.1, -0.05) is 26.7 Å². The standard InChI is InChI=1S/C20H39N5O/c1-6-21-19(25-13-11-24(12-14-25)15-17(2)3)22-16-20(9-7-8-10-20)18(26)23(4)5/h17H,6-16H2,1-5H3,(H,21,22). The second kappa shape index (κ2) is 9.58. The summed E-state index contributed by atoms with van der Waals surface area (Å²) in [6, 6.07) is 0. The van der Waals surface area contributed by atoms with Crippen molar-refractivity contribution in [2.24, 2.45) is 16.3 Å². The van der Waals surface area contributed by atoms with Gasteiger partial charge in [0, 0.05) is 53.4 Å². The number of piperazine rings is 1. The summed E-state index contributed by atoms with van der Waals surface area (Å²) in [6.45, 7) is 13.5. The molecule has 0 aromatic rings. The molecule has 0 aromatic carbocycles. The highest BCUT2D eigenvalue weighted by molar-refractivity contribution is 5.84. The van der Waals surface area contributed by atoms with Gasteiger partial charge in [-0.05, 0) is 25.7 Å². The number of carbonyl (C=O) groups is 1. The molecule has 26 heavy (non-hydrogen) atoms. The van der Waals surface area contributed by atoms with E-state index in [4.69, 9.17) is 4.99 Å². The fourth-order valence-electron chi connectivity index (χ4n) is 4.28. The Morgan fingerprint density at radius 3 is 2.27 bits per heavy atom. The lowest BCUT2D eigenvalue weighted by Gasteiger charge is -2.37. The van der Waals surface area contributed by atoms with Gasteiger partial charge in [0.25, 0.3) is 0 Å². The Labute approximate surface area is 160 Å². The van der Waals surface area contributed by atoms with E-state index in [0.717, 1.165) is 64.4 Å². The molecule has 0 bridgehead atoms. The van der Waals surface area contributed by atoms with E-state index in [1.165, 1.54) is 6.54 Å². The molecule has 2 fully saturated rings. The number of nitrogens with zero attached hydrogens (tertiary/aromatic N) is 4. The van der Waals surface area contributed by atoms with Crippen LogP contribution in [-0.2, 0) is 4.79 Å². The van der Waals surface area contributed by atoms with Crippen molar-refractivity contribution in [2.75, 3.05) is 59.9 Å². The molecule has 0 atom stereocenters. The minimum Gasteiger partial charge on any atom is -0.357 e. The molecule has 0 radical (unpaired) electrons. The summed E-state index contributed by atoms with van der Waals surface area (Å²) in [4.78, 5) is 24.4. The van der Waals surface area contributed by atoms with E-state index in [1.807, 2.05) is 14.1 Å². The molecule has 0 spiro atoms. The van der Waals surface area contributed by atoms with Crippen LogP contribution in [0, 0.1) is 11.3 Å². The number of hydrogen-bond donors (Lipinski definition) is 1. The summed E-state index contributed by atoms with van der Waals surface area (Å²) in [5.74, 6) is 1.94. The molecule has 1 saturated carbocycles. The van der Waals surface area contributed by atoms with E-state index in [1.54, 1.807) is 4.90 Å². The van der Waals surface area contributed by atoms with E-state index >= 15 is 0 Å². The minimum absolute atomic E-state index is 0.247. The van der Waals surface area contributed by atoms with Crippen molar-refractivity contribution >= 4 is 11.9 Å². The molecule has 6 heteroatoms. The van der Waals surface area contributed by atoms with Crippen LogP contribution in [0.3, 0.4) is 0 Å². The van der Waals surface area contributed by atoms with Crippen molar-refractivity contribution in [3.63, 3.8) is 0 Å². The molecule has 1 N–H and O–H groups in total. The molecule has 1 aliphatic heterocycles. The van der Waals surface area contributed by atoms with Gasteiger partial charge in [-0.15, -0.1) is 0 Å². The predicted molar refractivity (Wildman–Crippen MR) is 108 cm³/mol. The van der Waals surface area contributed by atoms with Crippen molar-refractivity contribution in [3.05, 3.63) is 0 Å². The molecule has 1 aliphatic carbocycles. The molecule has 0 aromatic heterocycles. The number of hydrogen-bond acceptors (Lipinski definition) is 3. The SMILES string of the molecule is CCNC(=NCC1(C(=O)N(C)C)CCCC1)N1CCN(CC(C)C)CC1. The van der Waals surface area contributed by atoms with Crippen molar-refractivity contribution in [2.45, 2.75) is 46.5 Å². The van der Waals surface area contributed by atoms with Gasteiger partial charge in [-0.3, -0.25) is 14.7 Å². The fraction of sp³-hybridized carbons (Fsp3) is 0.900. The molecule has 6 nitrogen and oxygen atoms in total. The van der Waals surface area contributed by atoms with Crippen molar-refractivity contribution in [3.8, 4) is 0 Å². The first-order valence-corrected chi connectivity index (χ1v) is 10.4. The molecule has 2 aliphatic rings. The number of rotatable bonds is 6. The Kier molecular flexibility index (Phi) is 7.74. The molecule has 1 amide bonds. The average molecular weight is 366 g/mol. The van der Waals surface area contributed by atoms with E-state index in [2.05, 4.69) is 35.9 Å². The maximum absolute atomic E-state index is 12.8. The second-order valence-corrected chi connectivity index (χ2v) is 8.54. The van der Waals surface area contributed by atoms with Crippen molar-refractivity contribution in [1.82, 2.24) is 20.0 Å². The highest BCUT2D eigenvalue weighted by Gasteiger charge is 2.42. The van der Waals surface area contributed by atoms with Crippen LogP contribution < -0.4 is 5.32 Å². The summed E-state index contributed by atoms with van der Waals surface area (Å²) in [5, 5.41) is 3.45. The number of aliphatic imine (C=N–C) groups is 1. The Balaban J connectivity index is 2.03. The average Bonchev–Trinajstić information content (AvgIpc) is 3.08. The molecular weight excluding hydrogens is 326 g/mol. The van der Waals surface area contributed by atoms with E-state index < -0.39 is 0 Å². The van der Waals surface area contributed by atoms with Crippen LogP contribution in [0.2, 0.25) is 0 Å². The van der Waals surface area contributed by atoms with E-state index in [0.29, 0.717) is 12.5 Å². The first kappa shape index (κ1) is 21.0. The number of guanidine groups is 1. The van der Waals surface area contributed by atoms with Crippen LogP contribution in [-0.4, -0.2) is 86.5 Å². The highest BCUT2D eigenvalue weighted by Crippen LogP contribution is 2.39. The van der Waals surface area contributed by atoms with Gasteiger partial charge in [-0.2, -0.15) is 0 Å². The predicted octanol–water partition coefficient (Wildman–Crippen LogP) is 1.87. The third-order valence-corrected chi connectivity index (χ3v) is 5.58. The lowest BCUT2D eigenvalue weighted by molar-refractivity contribution is -0.138. The fourth-order valence-corrected chi connectivity index (χ4v) is 4.28. The Morgan fingerprint density at radius 2 is 1.77 bits per heavy atom. The van der Waals surface area contributed by atoms with Gasteiger partial charge in [-0.25, -0.2) is 0 Å². The molecule has 0 unspecified atom stereocenters. The molecular formula is C20H39N5O. The van der Waals surface area contributed by atoms with Crippen LogP contribution in [0.25, 0.3) is 0 Å². The van der Waals surface area contributed by atoms with E-state index in [9.17, 15) is 4.79 Å². The first-order chi connectivity index (χ1) is 12.4. The number of carbonyl (C=O) groups excluding carboxylic acids is 1. The Hall–Kier alpha value is -1.30. The Morgan fingerprint density at radius 1 is 1.15 bits per heavy atom. The van der Waals surface area contributed by atoms with Gasteiger partial charge in [0.05, 0.1) is 12.0 Å². The molecule has 2 rings (SSSR count). The second-order valence-electron chi connectivity index (χ2n) is 8.54. The third-order valence-electron chi connectivity index (χ3n) is 5.58. The zero-order chi connectivity index (χ0) is 19.2. The van der Waals surface area contributed by atoms with Gasteiger partial charge in [0.2, 0.25) is 5.91 Å². The van der Waals surface area contributed by atoms with Crippen LogP contribution in [0.4, 0.5) is 0 Å². The van der Waals surface area contributed by atoms with Gasteiger partial charge in [0.1, 0.15) is 0 Å². The van der Waals surface area contributed by atoms with Crippen LogP contribution >= 0.6 is 0 Å². The number of amides is 1. The Bertz CT molecular complexity index is 475. The van der Waals surface area contributed by atoms with Gasteiger partial charge >= 0.3 is 0 Å².